The molecule has 0 saturated carbocycles. The lowest BCUT2D eigenvalue weighted by molar-refractivity contribution is 0.106. The van der Waals surface area contributed by atoms with Crippen molar-refractivity contribution in [3.05, 3.63) is 44.6 Å². The maximum atomic E-state index is 12.0. The van der Waals surface area contributed by atoms with Crippen LogP contribution in [0.3, 0.4) is 0 Å². The van der Waals surface area contributed by atoms with Crippen LogP contribution in [0.25, 0.3) is 21.8 Å². The van der Waals surface area contributed by atoms with Gasteiger partial charge in [0.15, 0.2) is 5.84 Å². The third-order valence-corrected chi connectivity index (χ3v) is 6.99. The Balaban J connectivity index is 2.02. The largest absolute Gasteiger partial charge is 0.381 e. The molecule has 0 radical (unpaired) electrons. The molecule has 0 bridgehead atoms. The molecule has 2 aromatic heterocycles. The fourth-order valence-electron chi connectivity index (χ4n) is 2.14. The van der Waals surface area contributed by atoms with Crippen LogP contribution in [0.15, 0.2) is 33.9 Å². The number of nitrogens with zero attached hydrogens (tertiary/aromatic N) is 1. The van der Waals surface area contributed by atoms with Crippen LogP contribution in [0.1, 0.15) is 9.67 Å². The molecule has 0 unspecified atom stereocenters. The monoisotopic (exact) mass is 427 g/mol. The predicted molar refractivity (Wildman–Crippen MR) is 109 cm³/mol. The lowest BCUT2D eigenvalue weighted by atomic mass is 10.2. The van der Waals surface area contributed by atoms with Crippen LogP contribution in [0.2, 0.25) is 10.0 Å². The molecule has 3 N–H and O–H groups in total. The molecule has 0 fully saturated rings. The first kappa shape index (κ1) is 18.4. The maximum absolute atomic E-state index is 12.0. The molecule has 0 aliphatic carbocycles. The van der Waals surface area contributed by atoms with E-state index in [-0.39, 0.29) is 0 Å². The fraction of sp³-hybridized carbons (Fsp3) is 0.0625. The summed E-state index contributed by atoms with van der Waals surface area (Å²) in [7, 11) is 0. The summed E-state index contributed by atoms with van der Waals surface area (Å²) in [5.41, 5.74) is 7.73. The lowest BCUT2D eigenvalue weighted by Gasteiger charge is -2.01. The quantitative estimate of drug-likeness (QED) is 0.237. The number of Topliss-reactive ketones (excluding diaryl/α,β-unsaturated/α-hetero) is 1. The SMILES string of the molecule is CSc1sc(C(=O)C(=N)N)cc1-c1nc(-c2ccc(Cl)cc2Cl)cs1. The second-order valence-corrected chi connectivity index (χ2v) is 8.75. The minimum absolute atomic E-state index is 0.438. The summed E-state index contributed by atoms with van der Waals surface area (Å²) < 4.78 is 0.952. The summed E-state index contributed by atoms with van der Waals surface area (Å²) >= 11 is 16.5. The normalized spacial score (nSPS) is 10.8. The van der Waals surface area contributed by atoms with Gasteiger partial charge in [0.2, 0.25) is 5.78 Å². The average molecular weight is 428 g/mol. The van der Waals surface area contributed by atoms with Gasteiger partial charge in [-0.3, -0.25) is 10.2 Å². The molecule has 4 nitrogen and oxygen atoms in total. The van der Waals surface area contributed by atoms with Gasteiger partial charge in [0, 0.05) is 21.5 Å². The van der Waals surface area contributed by atoms with Crippen molar-refractivity contribution in [3.8, 4) is 21.8 Å². The maximum Gasteiger partial charge on any atom is 0.237 e. The molecule has 1 aromatic carbocycles. The molecule has 0 amide bonds. The van der Waals surface area contributed by atoms with E-state index in [4.69, 9.17) is 34.3 Å². The Labute approximate surface area is 166 Å². The van der Waals surface area contributed by atoms with Gasteiger partial charge in [-0.1, -0.05) is 23.2 Å². The van der Waals surface area contributed by atoms with Crippen molar-refractivity contribution in [1.29, 1.82) is 5.41 Å². The smallest absolute Gasteiger partial charge is 0.237 e. The second kappa shape index (κ2) is 7.47. The Bertz CT molecular complexity index is 981. The first-order valence-electron chi connectivity index (χ1n) is 6.88. The van der Waals surface area contributed by atoms with Gasteiger partial charge in [-0.05, 0) is 30.5 Å². The molecular weight excluding hydrogens is 417 g/mol. The first-order chi connectivity index (χ1) is 11.9. The van der Waals surface area contributed by atoms with Crippen LogP contribution >= 0.6 is 57.6 Å². The van der Waals surface area contributed by atoms with Crippen molar-refractivity contribution >= 4 is 69.3 Å². The van der Waals surface area contributed by atoms with Gasteiger partial charge in [-0.2, -0.15) is 0 Å². The van der Waals surface area contributed by atoms with Gasteiger partial charge in [0.25, 0.3) is 0 Å². The number of rotatable bonds is 5. The molecule has 3 rings (SSSR count). The summed E-state index contributed by atoms with van der Waals surface area (Å²) in [4.78, 5) is 17.1. The van der Waals surface area contributed by atoms with Crippen LogP contribution in [0.4, 0.5) is 0 Å². The Morgan fingerprint density at radius 1 is 1.28 bits per heavy atom. The highest BCUT2D eigenvalue weighted by Crippen LogP contribution is 2.41. The number of carbonyl (C=O) groups is 1. The number of amidine groups is 1. The van der Waals surface area contributed by atoms with Crippen molar-refractivity contribution in [1.82, 2.24) is 4.98 Å². The molecule has 2 heterocycles. The van der Waals surface area contributed by atoms with E-state index >= 15 is 0 Å². The van der Waals surface area contributed by atoms with Crippen molar-refractivity contribution in [2.45, 2.75) is 4.21 Å². The lowest BCUT2D eigenvalue weighted by Crippen LogP contribution is -2.21. The van der Waals surface area contributed by atoms with Crippen LogP contribution in [0, 0.1) is 5.41 Å². The topological polar surface area (TPSA) is 79.8 Å². The molecule has 0 aliphatic rings. The summed E-state index contributed by atoms with van der Waals surface area (Å²) in [6, 6.07) is 7.02. The Morgan fingerprint density at radius 2 is 2.04 bits per heavy atom. The third-order valence-electron chi connectivity index (χ3n) is 3.29. The molecule has 3 aromatic rings. The number of aromatic nitrogens is 1. The van der Waals surface area contributed by atoms with Crippen LogP contribution < -0.4 is 5.73 Å². The standard InChI is InChI=1S/C16H11Cl2N3OS3/c1-23-16-9(5-12(25-16)13(22)14(19)20)15-21-11(6-24-15)8-3-2-7(17)4-10(8)18/h2-6H,1H3,(H3,19,20). The Morgan fingerprint density at radius 3 is 2.68 bits per heavy atom. The van der Waals surface area contributed by atoms with Gasteiger partial charge in [-0.25, -0.2) is 4.98 Å². The van der Waals surface area contributed by atoms with Crippen molar-refractivity contribution < 1.29 is 4.79 Å². The van der Waals surface area contributed by atoms with Crippen molar-refractivity contribution in [2.24, 2.45) is 5.73 Å². The number of thiophene rings is 1. The number of carbonyl (C=O) groups excluding carboxylic acids is 1. The number of thiazole rings is 1. The highest BCUT2D eigenvalue weighted by atomic mass is 35.5. The molecule has 0 saturated heterocycles. The van der Waals surface area contributed by atoms with E-state index in [1.807, 2.05) is 17.7 Å². The molecular formula is C16H11Cl2N3OS3. The highest BCUT2D eigenvalue weighted by Gasteiger charge is 2.20. The molecule has 0 atom stereocenters. The number of hydrogen-bond donors (Lipinski definition) is 2. The number of nitrogens with one attached hydrogen (secondary N) is 1. The van der Waals surface area contributed by atoms with Crippen LogP contribution in [-0.4, -0.2) is 22.9 Å². The highest BCUT2D eigenvalue weighted by molar-refractivity contribution is 8.00. The van der Waals surface area contributed by atoms with E-state index in [0.717, 1.165) is 26.0 Å². The first-order valence-corrected chi connectivity index (χ1v) is 10.6. The molecule has 128 valence electrons. The average Bonchev–Trinajstić information content (AvgIpc) is 3.20. The van der Waals surface area contributed by atoms with Gasteiger partial charge in [0.05, 0.1) is 19.8 Å². The zero-order valence-corrected chi connectivity index (χ0v) is 16.8. The zero-order chi connectivity index (χ0) is 18.1. The van der Waals surface area contributed by atoms with Gasteiger partial charge in [0.1, 0.15) is 5.01 Å². The van der Waals surface area contributed by atoms with Crippen LogP contribution in [0.5, 0.6) is 0 Å². The van der Waals surface area contributed by atoms with Crippen molar-refractivity contribution in [2.75, 3.05) is 6.26 Å². The van der Waals surface area contributed by atoms with E-state index in [9.17, 15) is 4.79 Å². The van der Waals surface area contributed by atoms with Gasteiger partial charge < -0.3 is 5.73 Å². The van der Waals surface area contributed by atoms with E-state index < -0.39 is 11.6 Å². The molecule has 9 heteroatoms. The second-order valence-electron chi connectivity index (χ2n) is 4.92. The van der Waals surface area contributed by atoms with E-state index in [0.29, 0.717) is 14.9 Å². The number of ketones is 1. The zero-order valence-electron chi connectivity index (χ0n) is 12.8. The van der Waals surface area contributed by atoms with E-state index in [1.165, 1.54) is 34.4 Å². The Kier molecular flexibility index (Phi) is 5.50. The number of thioether (sulfide) groups is 1. The summed E-state index contributed by atoms with van der Waals surface area (Å²) in [5, 5.41) is 11.1. The van der Waals surface area contributed by atoms with Gasteiger partial charge in [-0.15, -0.1) is 34.4 Å². The number of nitrogens with two attached hydrogens (primary N) is 1. The van der Waals surface area contributed by atoms with E-state index in [1.54, 1.807) is 18.2 Å². The predicted octanol–water partition coefficient (Wildman–Crippen LogP) is 5.69. The summed E-state index contributed by atoms with van der Waals surface area (Å²) in [6.45, 7) is 0. The number of hydrogen-bond acceptors (Lipinski definition) is 6. The minimum Gasteiger partial charge on any atom is -0.381 e. The van der Waals surface area contributed by atoms with Crippen molar-refractivity contribution in [3.63, 3.8) is 0 Å². The molecule has 0 aliphatic heterocycles. The molecule has 0 spiro atoms. The fourth-order valence-corrected chi connectivity index (χ4v) is 5.44. The number of halogens is 2. The summed E-state index contributed by atoms with van der Waals surface area (Å²) in [5.74, 6) is -0.933. The molecule has 25 heavy (non-hydrogen) atoms. The van der Waals surface area contributed by atoms with E-state index in [2.05, 4.69) is 4.98 Å². The number of benzene rings is 1. The Hall–Kier alpha value is -1.38. The summed E-state index contributed by atoms with van der Waals surface area (Å²) in [6.07, 6.45) is 1.93. The van der Waals surface area contributed by atoms with Gasteiger partial charge >= 0.3 is 0 Å². The minimum atomic E-state index is -0.468. The third kappa shape index (κ3) is 3.75. The van der Waals surface area contributed by atoms with Crippen LogP contribution in [-0.2, 0) is 0 Å².